The van der Waals surface area contributed by atoms with E-state index in [1.165, 1.54) is 0 Å². The molecule has 4 heterocycles. The van der Waals surface area contributed by atoms with Crippen LogP contribution in [0.2, 0.25) is 5.02 Å². The Bertz CT molecular complexity index is 2200. The van der Waals surface area contributed by atoms with E-state index in [9.17, 15) is 20.0 Å². The number of carboxylic acids is 1. The van der Waals surface area contributed by atoms with E-state index in [4.69, 9.17) is 21.0 Å². The van der Waals surface area contributed by atoms with Crippen molar-refractivity contribution in [3.63, 3.8) is 0 Å². The van der Waals surface area contributed by atoms with Crippen LogP contribution in [-0.2, 0) is 31.4 Å². The topological polar surface area (TPSA) is 141 Å². The molecule has 1 fully saturated rings. The minimum Gasteiger partial charge on any atom is -0.481 e. The molecule has 11 nitrogen and oxygen atoms in total. The van der Waals surface area contributed by atoms with E-state index in [1.807, 2.05) is 68.1 Å². The van der Waals surface area contributed by atoms with Crippen molar-refractivity contribution in [2.24, 2.45) is 12.5 Å². The van der Waals surface area contributed by atoms with Crippen molar-refractivity contribution in [3.05, 3.63) is 87.5 Å². The maximum atomic E-state index is 13.5. The molecule has 3 aromatic carbocycles. The number of likely N-dealkylation sites (N-methyl/N-ethyl adjacent to an activating group) is 1. The van der Waals surface area contributed by atoms with Gasteiger partial charge in [-0.2, -0.15) is 5.26 Å². The van der Waals surface area contributed by atoms with Crippen molar-refractivity contribution in [1.29, 1.82) is 5.26 Å². The molecule has 49 heavy (non-hydrogen) atoms. The molecule has 2 aliphatic rings. The molecule has 2 aromatic heterocycles. The minimum atomic E-state index is -0.781. The van der Waals surface area contributed by atoms with Crippen molar-refractivity contribution in [2.75, 3.05) is 32.0 Å². The minimum absolute atomic E-state index is 0.310. The number of fused-ring (bicyclic) bond motifs is 2. The number of amides is 1. The molecular formula is C37H36ClN7O4. The first-order chi connectivity index (χ1) is 23.5. The first kappa shape index (κ1) is 32.5. The number of oxazole rings is 1. The number of rotatable bonds is 7. The fourth-order valence-corrected chi connectivity index (χ4v) is 7.35. The zero-order valence-electron chi connectivity index (χ0n) is 27.8. The van der Waals surface area contributed by atoms with Crippen LogP contribution in [0, 0.1) is 23.7 Å². The number of imidazole rings is 1. The number of aliphatic carboxylic acids is 1. The number of hydrogen-bond donors (Lipinski definition) is 2. The van der Waals surface area contributed by atoms with Gasteiger partial charge in [-0.3, -0.25) is 14.5 Å². The van der Waals surface area contributed by atoms with Crippen LogP contribution in [0.15, 0.2) is 52.9 Å². The molecule has 250 valence electrons. The summed E-state index contributed by atoms with van der Waals surface area (Å²) in [7, 11) is 3.89. The van der Waals surface area contributed by atoms with Gasteiger partial charge in [-0.1, -0.05) is 35.9 Å². The Labute approximate surface area is 288 Å². The average molecular weight is 678 g/mol. The summed E-state index contributed by atoms with van der Waals surface area (Å²) in [5, 5.41) is 23.3. The number of nitriles is 1. The van der Waals surface area contributed by atoms with Crippen LogP contribution in [-0.4, -0.2) is 68.0 Å². The van der Waals surface area contributed by atoms with E-state index >= 15 is 0 Å². The van der Waals surface area contributed by atoms with Gasteiger partial charge in [-0.25, -0.2) is 9.97 Å². The van der Waals surface area contributed by atoms with Crippen molar-refractivity contribution in [2.45, 2.75) is 39.8 Å². The molecule has 1 amide bonds. The number of likely N-dealkylation sites (tertiary alicyclic amines) is 1. The number of carbonyl (C=O) groups is 2. The van der Waals surface area contributed by atoms with Crippen molar-refractivity contribution >= 4 is 40.3 Å². The van der Waals surface area contributed by atoms with Crippen molar-refractivity contribution in [3.8, 4) is 28.7 Å². The number of nitrogens with zero attached hydrogens (tertiary/aromatic N) is 6. The third kappa shape index (κ3) is 5.86. The quantitative estimate of drug-likeness (QED) is 0.204. The summed E-state index contributed by atoms with van der Waals surface area (Å²) in [6.07, 6.45) is 1.41. The summed E-state index contributed by atoms with van der Waals surface area (Å²) in [6.45, 7) is 7.02. The Morgan fingerprint density at radius 3 is 2.61 bits per heavy atom. The molecule has 0 radical (unpaired) electrons. The number of halogens is 1. The monoisotopic (exact) mass is 677 g/mol. The van der Waals surface area contributed by atoms with Crippen LogP contribution < -0.4 is 5.32 Å². The first-order valence-electron chi connectivity index (χ1n) is 16.2. The summed E-state index contributed by atoms with van der Waals surface area (Å²) in [4.78, 5) is 38.9. The van der Waals surface area contributed by atoms with Crippen molar-refractivity contribution < 1.29 is 19.1 Å². The normalized spacial score (nSPS) is 18.0. The van der Waals surface area contributed by atoms with E-state index in [1.54, 1.807) is 13.0 Å². The highest BCUT2D eigenvalue weighted by atomic mass is 35.5. The highest BCUT2D eigenvalue weighted by Gasteiger charge is 2.40. The number of anilines is 1. The molecular weight excluding hydrogens is 642 g/mol. The summed E-state index contributed by atoms with van der Waals surface area (Å²) >= 11 is 6.69. The number of nitrogens with one attached hydrogen (secondary N) is 1. The molecule has 0 bridgehead atoms. The zero-order valence-corrected chi connectivity index (χ0v) is 28.6. The molecule has 2 aliphatic heterocycles. The van der Waals surface area contributed by atoms with E-state index in [-0.39, 0.29) is 5.91 Å². The first-order valence-corrected chi connectivity index (χ1v) is 16.6. The lowest BCUT2D eigenvalue weighted by molar-refractivity contribution is -0.147. The lowest BCUT2D eigenvalue weighted by atomic mass is 9.90. The van der Waals surface area contributed by atoms with Gasteiger partial charge < -0.3 is 24.3 Å². The van der Waals surface area contributed by atoms with E-state index < -0.39 is 11.4 Å². The van der Waals surface area contributed by atoms with Gasteiger partial charge in [0.1, 0.15) is 11.6 Å². The number of carbonyl (C=O) groups excluding carboxylic acids is 1. The third-order valence-electron chi connectivity index (χ3n) is 9.91. The molecule has 0 spiro atoms. The summed E-state index contributed by atoms with van der Waals surface area (Å²) < 4.78 is 8.06. The maximum Gasteiger partial charge on any atom is 0.310 e. The van der Waals surface area contributed by atoms with Crippen LogP contribution >= 0.6 is 11.6 Å². The summed E-state index contributed by atoms with van der Waals surface area (Å²) in [6, 6.07) is 17.2. The number of carboxylic acid groups (broad SMARTS) is 1. The van der Waals surface area contributed by atoms with Gasteiger partial charge in [0.05, 0.1) is 27.4 Å². The summed E-state index contributed by atoms with van der Waals surface area (Å²) in [5.74, 6) is -0.455. The maximum absolute atomic E-state index is 13.5. The molecule has 0 unspecified atom stereocenters. The van der Waals surface area contributed by atoms with Gasteiger partial charge in [0, 0.05) is 56.5 Å². The Balaban J connectivity index is 1.18. The lowest BCUT2D eigenvalue weighted by Crippen LogP contribution is -2.31. The van der Waals surface area contributed by atoms with Gasteiger partial charge in [0.2, 0.25) is 5.89 Å². The van der Waals surface area contributed by atoms with Crippen LogP contribution in [0.4, 0.5) is 5.69 Å². The van der Waals surface area contributed by atoms with Gasteiger partial charge >= 0.3 is 5.97 Å². The van der Waals surface area contributed by atoms with Gasteiger partial charge in [0.25, 0.3) is 5.91 Å². The van der Waals surface area contributed by atoms with Crippen LogP contribution in [0.1, 0.15) is 52.0 Å². The molecule has 0 saturated carbocycles. The molecule has 2 N–H and O–H groups in total. The Hall–Kier alpha value is -5.02. The average Bonchev–Trinajstić information content (AvgIpc) is 3.76. The molecule has 1 atom stereocenters. The Morgan fingerprint density at radius 2 is 1.86 bits per heavy atom. The Morgan fingerprint density at radius 1 is 1.10 bits per heavy atom. The van der Waals surface area contributed by atoms with E-state index in [2.05, 4.69) is 26.2 Å². The third-order valence-corrected chi connectivity index (χ3v) is 10.2. The van der Waals surface area contributed by atoms with Gasteiger partial charge in [-0.15, -0.1) is 0 Å². The van der Waals surface area contributed by atoms with Crippen molar-refractivity contribution in [1.82, 2.24) is 24.3 Å². The Kier molecular flexibility index (Phi) is 8.27. The second-order valence-corrected chi connectivity index (χ2v) is 13.8. The van der Waals surface area contributed by atoms with Crippen LogP contribution in [0.5, 0.6) is 0 Å². The molecule has 5 aromatic rings. The fourth-order valence-electron chi connectivity index (χ4n) is 7.08. The largest absolute Gasteiger partial charge is 0.481 e. The molecule has 7 rings (SSSR count). The lowest BCUT2D eigenvalue weighted by Gasteiger charge is -2.21. The highest BCUT2D eigenvalue weighted by Crippen LogP contribution is 2.38. The number of hydrogen-bond acceptors (Lipinski definition) is 8. The molecule has 0 aliphatic carbocycles. The zero-order chi connectivity index (χ0) is 34.6. The van der Waals surface area contributed by atoms with Crippen LogP contribution in [0.25, 0.3) is 33.7 Å². The van der Waals surface area contributed by atoms with Crippen LogP contribution in [0.3, 0.4) is 0 Å². The molecule has 1 saturated heterocycles. The predicted octanol–water partition coefficient (Wildman–Crippen LogP) is 6.27. The second-order valence-electron chi connectivity index (χ2n) is 13.4. The highest BCUT2D eigenvalue weighted by molar-refractivity contribution is 6.34. The predicted molar refractivity (Wildman–Crippen MR) is 186 cm³/mol. The fraction of sp³-hybridized carbons (Fsp3) is 0.324. The summed E-state index contributed by atoms with van der Waals surface area (Å²) in [5.41, 5.74) is 6.96. The second kappa shape index (κ2) is 12.5. The van der Waals surface area contributed by atoms with Gasteiger partial charge in [0.15, 0.2) is 11.4 Å². The standard InChI is InChI=1S/C37H36ClN7O4/c1-21-23(25-9-6-10-28(26(25)17-39)41-34(46)33-40-30-19-43(3)13-11-31(30)44(33)4)7-5-8-24(21)35-42-29-16-22(15-27(38)32(29)49-35)18-45-14-12-37(2,20-45)36(47)48/h5-10,15-16H,11-14,18-20H2,1-4H3,(H,41,46)(H,47,48)/t37-/m0/s1. The SMILES string of the molecule is Cc1c(-c2nc3cc(CN4CC[C@](C)(C(=O)O)C4)cc(Cl)c3o2)cccc1-c1cccc(NC(=O)c2nc3c(n2C)CCN(C)C3)c1C#N. The van der Waals surface area contributed by atoms with E-state index in [0.717, 1.165) is 46.6 Å². The number of aromatic nitrogens is 3. The van der Waals surface area contributed by atoms with E-state index in [0.29, 0.717) is 77.3 Å². The molecule has 12 heteroatoms. The smallest absolute Gasteiger partial charge is 0.310 e. The van der Waals surface area contributed by atoms with Gasteiger partial charge in [-0.05, 0) is 74.8 Å². The number of benzene rings is 3.